The summed E-state index contributed by atoms with van der Waals surface area (Å²) in [7, 11) is 0. The van der Waals surface area contributed by atoms with Crippen molar-refractivity contribution in [3.8, 4) is 0 Å². The van der Waals surface area contributed by atoms with Gasteiger partial charge in [-0.1, -0.05) is 31.9 Å². The molecule has 0 atom stereocenters. The van der Waals surface area contributed by atoms with Crippen LogP contribution in [0.1, 0.15) is 62.5 Å². The lowest BCUT2D eigenvalue weighted by atomic mass is 9.77. The molecule has 0 unspecified atom stereocenters. The van der Waals surface area contributed by atoms with Gasteiger partial charge in [-0.05, 0) is 61.6 Å². The van der Waals surface area contributed by atoms with Crippen molar-refractivity contribution in [3.63, 3.8) is 0 Å². The minimum absolute atomic E-state index is 0.00365. The fourth-order valence-corrected chi connectivity index (χ4v) is 3.13. The molecule has 0 spiro atoms. The van der Waals surface area contributed by atoms with Crippen LogP contribution in [0, 0.1) is 18.7 Å². The van der Waals surface area contributed by atoms with Gasteiger partial charge >= 0.3 is 0 Å². The Hall–Kier alpha value is -0.850. The summed E-state index contributed by atoms with van der Waals surface area (Å²) in [5.74, 6) is 1.36. The fraction of sp³-hybridized carbons (Fsp3) is 0.625. The van der Waals surface area contributed by atoms with Crippen LogP contribution in [0.2, 0.25) is 0 Å². The lowest BCUT2D eigenvalue weighted by Crippen LogP contribution is -2.14. The molecule has 0 amide bonds. The largest absolute Gasteiger partial charge is 0.207 e. The van der Waals surface area contributed by atoms with E-state index in [-0.39, 0.29) is 5.82 Å². The van der Waals surface area contributed by atoms with E-state index >= 15 is 0 Å². The molecule has 0 bridgehead atoms. The SMILES string of the molecule is CCCC1CCC(c2ccc(C)cc2F)CC1. The number of hydrogen-bond acceptors (Lipinski definition) is 0. The third kappa shape index (κ3) is 3.08. The summed E-state index contributed by atoms with van der Waals surface area (Å²) in [5, 5.41) is 0. The molecule has 0 aliphatic heterocycles. The van der Waals surface area contributed by atoms with Crippen LogP contribution < -0.4 is 0 Å². The maximum atomic E-state index is 13.9. The van der Waals surface area contributed by atoms with E-state index in [0.29, 0.717) is 5.92 Å². The Kier molecular flexibility index (Phi) is 4.20. The fourth-order valence-electron chi connectivity index (χ4n) is 3.13. The lowest BCUT2D eigenvalue weighted by molar-refractivity contribution is 0.304. The zero-order chi connectivity index (χ0) is 12.3. The smallest absolute Gasteiger partial charge is 0.126 e. The molecule has 1 aromatic rings. The van der Waals surface area contributed by atoms with E-state index in [9.17, 15) is 4.39 Å². The molecule has 2 rings (SSSR count). The van der Waals surface area contributed by atoms with E-state index in [1.165, 1.54) is 38.5 Å². The molecule has 94 valence electrons. The second-order valence-electron chi connectivity index (χ2n) is 5.53. The predicted molar refractivity (Wildman–Crippen MR) is 70.7 cm³/mol. The van der Waals surface area contributed by atoms with E-state index in [1.807, 2.05) is 19.1 Å². The molecule has 1 saturated carbocycles. The topological polar surface area (TPSA) is 0 Å². The van der Waals surface area contributed by atoms with E-state index in [4.69, 9.17) is 0 Å². The first kappa shape index (κ1) is 12.6. The van der Waals surface area contributed by atoms with Gasteiger partial charge in [0.1, 0.15) is 5.82 Å². The van der Waals surface area contributed by atoms with Gasteiger partial charge in [0, 0.05) is 0 Å². The van der Waals surface area contributed by atoms with Crippen molar-refractivity contribution in [2.45, 2.75) is 58.3 Å². The van der Waals surface area contributed by atoms with Crippen molar-refractivity contribution >= 4 is 0 Å². The highest BCUT2D eigenvalue weighted by Crippen LogP contribution is 2.38. The molecular formula is C16H23F. The van der Waals surface area contributed by atoms with Gasteiger partial charge in [-0.2, -0.15) is 0 Å². The van der Waals surface area contributed by atoms with Crippen molar-refractivity contribution in [1.29, 1.82) is 0 Å². The second-order valence-corrected chi connectivity index (χ2v) is 5.53. The van der Waals surface area contributed by atoms with E-state index in [0.717, 1.165) is 17.0 Å². The van der Waals surface area contributed by atoms with Gasteiger partial charge in [-0.15, -0.1) is 0 Å². The predicted octanol–water partition coefficient (Wildman–Crippen LogP) is 5.21. The summed E-state index contributed by atoms with van der Waals surface area (Å²) in [4.78, 5) is 0. The Morgan fingerprint density at radius 3 is 2.47 bits per heavy atom. The Balaban J connectivity index is 2.00. The van der Waals surface area contributed by atoms with E-state index in [2.05, 4.69) is 6.92 Å². The zero-order valence-electron chi connectivity index (χ0n) is 11.0. The summed E-state index contributed by atoms with van der Waals surface area (Å²) >= 11 is 0. The second kappa shape index (κ2) is 5.66. The first-order valence-electron chi connectivity index (χ1n) is 6.96. The normalized spacial score (nSPS) is 24.9. The molecule has 1 heteroatoms. The van der Waals surface area contributed by atoms with Gasteiger partial charge in [0.25, 0.3) is 0 Å². The average molecular weight is 234 g/mol. The quantitative estimate of drug-likeness (QED) is 0.673. The van der Waals surface area contributed by atoms with Gasteiger partial charge in [-0.25, -0.2) is 4.39 Å². The Labute approximate surface area is 104 Å². The standard InChI is InChI=1S/C16H23F/c1-3-4-13-6-8-14(9-7-13)15-10-5-12(2)11-16(15)17/h5,10-11,13-14H,3-4,6-9H2,1-2H3. The third-order valence-electron chi connectivity index (χ3n) is 4.14. The number of benzene rings is 1. The molecular weight excluding hydrogens is 211 g/mol. The number of rotatable bonds is 3. The summed E-state index contributed by atoms with van der Waals surface area (Å²) < 4.78 is 13.9. The van der Waals surface area contributed by atoms with E-state index < -0.39 is 0 Å². The monoisotopic (exact) mass is 234 g/mol. The molecule has 0 radical (unpaired) electrons. The minimum Gasteiger partial charge on any atom is -0.207 e. The molecule has 0 saturated heterocycles. The number of halogens is 1. The molecule has 1 aliphatic rings. The van der Waals surface area contributed by atoms with Crippen LogP contribution in [0.3, 0.4) is 0 Å². The summed E-state index contributed by atoms with van der Waals surface area (Å²) in [6.45, 7) is 4.21. The molecule has 1 fully saturated rings. The molecule has 0 nitrogen and oxygen atoms in total. The summed E-state index contributed by atoms with van der Waals surface area (Å²) in [6.07, 6.45) is 7.55. The molecule has 0 N–H and O–H groups in total. The van der Waals surface area contributed by atoms with Crippen LogP contribution in [0.25, 0.3) is 0 Å². The molecule has 0 aromatic heterocycles. The molecule has 1 aromatic carbocycles. The first-order valence-corrected chi connectivity index (χ1v) is 6.96. The Morgan fingerprint density at radius 1 is 1.18 bits per heavy atom. The number of aryl methyl sites for hydroxylation is 1. The highest BCUT2D eigenvalue weighted by atomic mass is 19.1. The van der Waals surface area contributed by atoms with Crippen molar-refractivity contribution in [2.75, 3.05) is 0 Å². The van der Waals surface area contributed by atoms with Crippen LogP contribution in [-0.2, 0) is 0 Å². The average Bonchev–Trinajstić information content (AvgIpc) is 2.31. The molecule has 0 heterocycles. The van der Waals surface area contributed by atoms with Gasteiger partial charge in [0.15, 0.2) is 0 Å². The van der Waals surface area contributed by atoms with Gasteiger partial charge in [0.05, 0.1) is 0 Å². The van der Waals surface area contributed by atoms with Crippen LogP contribution in [0.5, 0.6) is 0 Å². The Morgan fingerprint density at radius 2 is 1.88 bits per heavy atom. The third-order valence-corrected chi connectivity index (χ3v) is 4.14. The van der Waals surface area contributed by atoms with Gasteiger partial charge in [0.2, 0.25) is 0 Å². The van der Waals surface area contributed by atoms with Crippen molar-refractivity contribution in [2.24, 2.45) is 5.92 Å². The van der Waals surface area contributed by atoms with Gasteiger partial charge < -0.3 is 0 Å². The maximum absolute atomic E-state index is 13.9. The van der Waals surface area contributed by atoms with Crippen molar-refractivity contribution in [1.82, 2.24) is 0 Å². The van der Waals surface area contributed by atoms with Crippen molar-refractivity contribution in [3.05, 3.63) is 35.1 Å². The highest BCUT2D eigenvalue weighted by Gasteiger charge is 2.23. The zero-order valence-corrected chi connectivity index (χ0v) is 11.0. The van der Waals surface area contributed by atoms with Crippen LogP contribution in [-0.4, -0.2) is 0 Å². The number of hydrogen-bond donors (Lipinski definition) is 0. The molecule has 1 aliphatic carbocycles. The summed E-state index contributed by atoms with van der Waals surface area (Å²) in [5.41, 5.74) is 1.97. The molecule has 17 heavy (non-hydrogen) atoms. The summed E-state index contributed by atoms with van der Waals surface area (Å²) in [6, 6.07) is 5.71. The van der Waals surface area contributed by atoms with Crippen LogP contribution >= 0.6 is 0 Å². The van der Waals surface area contributed by atoms with Crippen molar-refractivity contribution < 1.29 is 4.39 Å². The highest BCUT2D eigenvalue weighted by molar-refractivity contribution is 5.26. The maximum Gasteiger partial charge on any atom is 0.126 e. The van der Waals surface area contributed by atoms with E-state index in [1.54, 1.807) is 6.07 Å². The van der Waals surface area contributed by atoms with Gasteiger partial charge in [-0.3, -0.25) is 0 Å². The Bertz CT molecular complexity index is 362. The van der Waals surface area contributed by atoms with Crippen LogP contribution in [0.4, 0.5) is 4.39 Å². The first-order chi connectivity index (χ1) is 8.20. The minimum atomic E-state index is 0.00365. The van der Waals surface area contributed by atoms with Crippen LogP contribution in [0.15, 0.2) is 18.2 Å². The lowest BCUT2D eigenvalue weighted by Gasteiger charge is -2.28.